The second-order valence-electron chi connectivity index (χ2n) is 4.71. The fourth-order valence-electron chi connectivity index (χ4n) is 2.42. The molecule has 0 radical (unpaired) electrons. The average Bonchev–Trinajstić information content (AvgIpc) is 2.75. The van der Waals surface area contributed by atoms with Gasteiger partial charge in [-0.3, -0.25) is 14.4 Å². The summed E-state index contributed by atoms with van der Waals surface area (Å²) in [5.41, 5.74) is 5.23. The molecule has 2 aliphatic heterocycles. The summed E-state index contributed by atoms with van der Waals surface area (Å²) in [5, 5.41) is 2.66. The average molecular weight is 239 g/mol. The van der Waals surface area contributed by atoms with Crippen LogP contribution in [0.3, 0.4) is 0 Å². The van der Waals surface area contributed by atoms with Gasteiger partial charge in [-0.05, 0) is 12.8 Å². The van der Waals surface area contributed by atoms with E-state index >= 15 is 0 Å². The third kappa shape index (κ3) is 2.57. The Kier molecular flexibility index (Phi) is 3.31. The Morgan fingerprint density at radius 1 is 1.24 bits per heavy atom. The molecular formula is C11H17N3O3. The maximum absolute atomic E-state index is 12.0. The molecule has 1 unspecified atom stereocenters. The Morgan fingerprint density at radius 3 is 2.35 bits per heavy atom. The van der Waals surface area contributed by atoms with Gasteiger partial charge in [0.2, 0.25) is 17.7 Å². The summed E-state index contributed by atoms with van der Waals surface area (Å²) in [5.74, 6) is -0.661. The zero-order valence-corrected chi connectivity index (χ0v) is 9.65. The van der Waals surface area contributed by atoms with Crippen molar-refractivity contribution in [1.82, 2.24) is 10.2 Å². The minimum atomic E-state index is -0.283. The van der Waals surface area contributed by atoms with Crippen LogP contribution in [0.1, 0.15) is 19.3 Å². The number of primary amides is 1. The van der Waals surface area contributed by atoms with E-state index < -0.39 is 0 Å². The van der Waals surface area contributed by atoms with Gasteiger partial charge in [0.1, 0.15) is 0 Å². The number of rotatable bonds is 2. The van der Waals surface area contributed by atoms with Crippen molar-refractivity contribution in [3.63, 3.8) is 0 Å². The largest absolute Gasteiger partial charge is 0.369 e. The molecule has 6 heteroatoms. The second kappa shape index (κ2) is 4.73. The Balaban J connectivity index is 1.86. The van der Waals surface area contributed by atoms with E-state index in [2.05, 4.69) is 5.32 Å². The van der Waals surface area contributed by atoms with Crippen LogP contribution < -0.4 is 11.1 Å². The molecule has 94 valence electrons. The fourth-order valence-corrected chi connectivity index (χ4v) is 2.42. The predicted octanol–water partition coefficient (Wildman–Crippen LogP) is -1.15. The first kappa shape index (κ1) is 11.9. The van der Waals surface area contributed by atoms with Gasteiger partial charge >= 0.3 is 0 Å². The number of amides is 3. The molecule has 3 amide bonds. The highest BCUT2D eigenvalue weighted by Crippen LogP contribution is 2.20. The maximum Gasteiger partial charge on any atom is 0.227 e. The van der Waals surface area contributed by atoms with E-state index in [9.17, 15) is 14.4 Å². The molecule has 0 aromatic carbocycles. The van der Waals surface area contributed by atoms with Gasteiger partial charge in [-0.15, -0.1) is 0 Å². The number of carbonyl (C=O) groups excluding carboxylic acids is 3. The fraction of sp³-hybridized carbons (Fsp3) is 0.727. The summed E-state index contributed by atoms with van der Waals surface area (Å²) < 4.78 is 0. The van der Waals surface area contributed by atoms with Gasteiger partial charge in [-0.1, -0.05) is 0 Å². The monoisotopic (exact) mass is 239 g/mol. The third-order valence-corrected chi connectivity index (χ3v) is 3.54. The standard InChI is InChI=1S/C11H17N3O3/c12-10(16)7-1-3-14(4-2-7)11(17)8-5-9(15)13-6-8/h7-8H,1-6H2,(H2,12,16)(H,13,15). The first-order valence-corrected chi connectivity index (χ1v) is 5.92. The number of carbonyl (C=O) groups is 3. The normalized spacial score (nSPS) is 25.8. The van der Waals surface area contributed by atoms with Gasteiger partial charge < -0.3 is 16.0 Å². The van der Waals surface area contributed by atoms with Crippen molar-refractivity contribution in [2.75, 3.05) is 19.6 Å². The van der Waals surface area contributed by atoms with Crippen molar-refractivity contribution in [2.45, 2.75) is 19.3 Å². The minimum absolute atomic E-state index is 0.0197. The zero-order valence-electron chi connectivity index (χ0n) is 9.65. The lowest BCUT2D eigenvalue weighted by Gasteiger charge is -2.32. The molecule has 2 aliphatic rings. The van der Waals surface area contributed by atoms with Crippen LogP contribution in [0.25, 0.3) is 0 Å². The van der Waals surface area contributed by atoms with E-state index in [4.69, 9.17) is 5.73 Å². The summed E-state index contributed by atoms with van der Waals surface area (Å²) in [4.78, 5) is 35.8. The summed E-state index contributed by atoms with van der Waals surface area (Å²) in [6.07, 6.45) is 1.55. The Bertz CT molecular complexity index is 348. The molecule has 0 aromatic rings. The molecule has 0 saturated carbocycles. The van der Waals surface area contributed by atoms with Gasteiger partial charge in [-0.25, -0.2) is 0 Å². The molecule has 2 heterocycles. The highest BCUT2D eigenvalue weighted by Gasteiger charge is 2.33. The highest BCUT2D eigenvalue weighted by molar-refractivity contribution is 5.89. The van der Waals surface area contributed by atoms with Crippen LogP contribution in [-0.2, 0) is 14.4 Å². The van der Waals surface area contributed by atoms with Crippen molar-refractivity contribution in [2.24, 2.45) is 17.6 Å². The highest BCUT2D eigenvalue weighted by atomic mass is 16.2. The van der Waals surface area contributed by atoms with Crippen molar-refractivity contribution in [3.05, 3.63) is 0 Å². The Morgan fingerprint density at radius 2 is 1.88 bits per heavy atom. The predicted molar refractivity (Wildman–Crippen MR) is 59.6 cm³/mol. The van der Waals surface area contributed by atoms with Crippen LogP contribution in [0.15, 0.2) is 0 Å². The number of hydrogen-bond donors (Lipinski definition) is 2. The number of likely N-dealkylation sites (tertiary alicyclic amines) is 1. The van der Waals surface area contributed by atoms with Gasteiger partial charge in [0.15, 0.2) is 0 Å². The molecule has 17 heavy (non-hydrogen) atoms. The van der Waals surface area contributed by atoms with Gasteiger partial charge in [0.25, 0.3) is 0 Å². The smallest absolute Gasteiger partial charge is 0.227 e. The Hall–Kier alpha value is -1.59. The SMILES string of the molecule is NC(=O)C1CCN(C(=O)C2CNC(=O)C2)CC1. The number of nitrogens with one attached hydrogen (secondary N) is 1. The van der Waals surface area contributed by atoms with E-state index in [0.29, 0.717) is 32.5 Å². The van der Waals surface area contributed by atoms with E-state index in [0.717, 1.165) is 0 Å². The summed E-state index contributed by atoms with van der Waals surface area (Å²) in [7, 11) is 0. The molecule has 2 fully saturated rings. The van der Waals surface area contributed by atoms with E-state index in [1.165, 1.54) is 0 Å². The van der Waals surface area contributed by atoms with Crippen molar-refractivity contribution >= 4 is 17.7 Å². The van der Waals surface area contributed by atoms with Crippen LogP contribution in [0.4, 0.5) is 0 Å². The molecule has 0 bridgehead atoms. The topological polar surface area (TPSA) is 92.5 Å². The van der Waals surface area contributed by atoms with Crippen molar-refractivity contribution in [1.29, 1.82) is 0 Å². The van der Waals surface area contributed by atoms with Crippen molar-refractivity contribution in [3.8, 4) is 0 Å². The van der Waals surface area contributed by atoms with Gasteiger partial charge in [0, 0.05) is 32.0 Å². The van der Waals surface area contributed by atoms with Gasteiger partial charge in [0.05, 0.1) is 5.92 Å². The molecule has 3 N–H and O–H groups in total. The summed E-state index contributed by atoms with van der Waals surface area (Å²) in [6, 6.07) is 0. The van der Waals surface area contributed by atoms with Crippen LogP contribution in [0, 0.1) is 11.8 Å². The maximum atomic E-state index is 12.0. The summed E-state index contributed by atoms with van der Waals surface area (Å²) in [6.45, 7) is 1.57. The van der Waals surface area contributed by atoms with Crippen LogP contribution in [0.2, 0.25) is 0 Å². The lowest BCUT2D eigenvalue weighted by atomic mass is 9.95. The second-order valence-corrected chi connectivity index (χ2v) is 4.71. The van der Waals surface area contributed by atoms with E-state index in [-0.39, 0.29) is 36.0 Å². The third-order valence-electron chi connectivity index (χ3n) is 3.54. The van der Waals surface area contributed by atoms with Gasteiger partial charge in [-0.2, -0.15) is 0 Å². The molecule has 0 spiro atoms. The molecule has 1 atom stereocenters. The lowest BCUT2D eigenvalue weighted by molar-refractivity contribution is -0.138. The summed E-state index contributed by atoms with van der Waals surface area (Å²) >= 11 is 0. The number of piperidine rings is 1. The molecular weight excluding hydrogens is 222 g/mol. The molecule has 2 saturated heterocycles. The molecule has 0 aliphatic carbocycles. The van der Waals surface area contributed by atoms with E-state index in [1.54, 1.807) is 4.90 Å². The molecule has 6 nitrogen and oxygen atoms in total. The van der Waals surface area contributed by atoms with E-state index in [1.807, 2.05) is 0 Å². The molecule has 0 aromatic heterocycles. The first-order chi connectivity index (χ1) is 8.08. The molecule has 2 rings (SSSR count). The van der Waals surface area contributed by atoms with Crippen LogP contribution in [-0.4, -0.2) is 42.3 Å². The first-order valence-electron chi connectivity index (χ1n) is 5.92. The van der Waals surface area contributed by atoms with Crippen molar-refractivity contribution < 1.29 is 14.4 Å². The van der Waals surface area contributed by atoms with Crippen LogP contribution in [0.5, 0.6) is 0 Å². The quantitative estimate of drug-likeness (QED) is 0.637. The zero-order chi connectivity index (χ0) is 12.4. The lowest BCUT2D eigenvalue weighted by Crippen LogP contribution is -2.44. The number of nitrogens with two attached hydrogens (primary N) is 1. The van der Waals surface area contributed by atoms with Crippen LogP contribution >= 0.6 is 0 Å². The number of hydrogen-bond acceptors (Lipinski definition) is 3. The minimum Gasteiger partial charge on any atom is -0.369 e. The number of nitrogens with zero attached hydrogens (tertiary/aromatic N) is 1. The Labute approximate surface area is 99.5 Å².